The first-order chi connectivity index (χ1) is 15.0. The molecule has 2 aromatic carbocycles. The number of carbonyl (C=O) groups excluding carboxylic acids is 1. The van der Waals surface area contributed by atoms with E-state index in [1.807, 2.05) is 66.4 Å². The van der Waals surface area contributed by atoms with Crippen molar-refractivity contribution in [2.24, 2.45) is 0 Å². The minimum atomic E-state index is -3.55. The van der Waals surface area contributed by atoms with Gasteiger partial charge in [-0.15, -0.1) is 0 Å². The van der Waals surface area contributed by atoms with Crippen molar-refractivity contribution < 1.29 is 13.2 Å². The van der Waals surface area contributed by atoms with Crippen LogP contribution in [0.5, 0.6) is 0 Å². The Morgan fingerprint density at radius 1 is 1.00 bits per heavy atom. The maximum absolute atomic E-state index is 13.2. The molecule has 1 aliphatic rings. The molecule has 0 bridgehead atoms. The lowest BCUT2D eigenvalue weighted by Crippen LogP contribution is -2.42. The van der Waals surface area contributed by atoms with Crippen LogP contribution in [0.15, 0.2) is 65.7 Å². The Morgan fingerprint density at radius 3 is 2.39 bits per heavy atom. The van der Waals surface area contributed by atoms with E-state index in [0.717, 1.165) is 23.9 Å². The molecule has 6 heteroatoms. The number of likely N-dealkylation sites (N-methyl/N-ethyl adjacent to an activating group) is 1. The lowest BCUT2D eigenvalue weighted by molar-refractivity contribution is -0.134. The van der Waals surface area contributed by atoms with E-state index < -0.39 is 9.84 Å². The molecule has 1 amide bonds. The first-order valence-corrected chi connectivity index (χ1v) is 12.8. The molecule has 0 atom stereocenters. The molecule has 0 N–H and O–H groups in total. The SMILES string of the molecule is CCN(C(=O)Cn1cc(S(=O)(=O)Cc2ccccc2)c2ccccc21)C1CCCCC1. The van der Waals surface area contributed by atoms with E-state index in [9.17, 15) is 13.2 Å². The first kappa shape index (κ1) is 21.6. The summed E-state index contributed by atoms with van der Waals surface area (Å²) in [5.74, 6) is 0.000962. The average Bonchev–Trinajstić information content (AvgIpc) is 3.15. The van der Waals surface area contributed by atoms with Gasteiger partial charge in [0.25, 0.3) is 0 Å². The highest BCUT2D eigenvalue weighted by Crippen LogP contribution is 2.29. The van der Waals surface area contributed by atoms with Gasteiger partial charge in [0.05, 0.1) is 10.6 Å². The Balaban J connectivity index is 1.64. The van der Waals surface area contributed by atoms with Crippen LogP contribution < -0.4 is 0 Å². The Morgan fingerprint density at radius 2 is 1.68 bits per heavy atom. The second-order valence-corrected chi connectivity index (χ2v) is 10.3. The molecule has 0 radical (unpaired) electrons. The number of para-hydroxylation sites is 1. The molecular formula is C25H30N2O3S. The number of fused-ring (bicyclic) bond motifs is 1. The number of rotatable bonds is 7. The van der Waals surface area contributed by atoms with Crippen molar-refractivity contribution in [2.45, 2.75) is 62.3 Å². The van der Waals surface area contributed by atoms with E-state index in [0.29, 0.717) is 22.9 Å². The van der Waals surface area contributed by atoms with Crippen LogP contribution in [-0.2, 0) is 26.9 Å². The fourth-order valence-electron chi connectivity index (χ4n) is 4.73. The summed E-state index contributed by atoms with van der Waals surface area (Å²) in [5, 5.41) is 0.673. The number of amides is 1. The zero-order chi connectivity index (χ0) is 21.8. The van der Waals surface area contributed by atoms with Crippen molar-refractivity contribution in [3.8, 4) is 0 Å². The van der Waals surface area contributed by atoms with Gasteiger partial charge in [-0.25, -0.2) is 8.42 Å². The summed E-state index contributed by atoms with van der Waals surface area (Å²) in [5.41, 5.74) is 1.53. The molecular weight excluding hydrogens is 408 g/mol. The Hall–Kier alpha value is -2.60. The van der Waals surface area contributed by atoms with E-state index in [2.05, 4.69) is 0 Å². The van der Waals surface area contributed by atoms with Crippen LogP contribution in [0.3, 0.4) is 0 Å². The minimum absolute atomic E-state index is 0.0566. The molecule has 0 saturated heterocycles. The highest BCUT2D eigenvalue weighted by molar-refractivity contribution is 7.90. The van der Waals surface area contributed by atoms with Gasteiger partial charge in [-0.3, -0.25) is 4.79 Å². The summed E-state index contributed by atoms with van der Waals surface area (Å²) in [7, 11) is -3.55. The average molecular weight is 439 g/mol. The van der Waals surface area contributed by atoms with E-state index >= 15 is 0 Å². The largest absolute Gasteiger partial charge is 0.338 e. The van der Waals surface area contributed by atoms with Gasteiger partial charge < -0.3 is 9.47 Å². The van der Waals surface area contributed by atoms with Crippen molar-refractivity contribution in [1.29, 1.82) is 0 Å². The quantitative estimate of drug-likeness (QED) is 0.533. The summed E-state index contributed by atoms with van der Waals surface area (Å²) >= 11 is 0. The van der Waals surface area contributed by atoms with Gasteiger partial charge in [0, 0.05) is 29.7 Å². The molecule has 1 saturated carbocycles. The van der Waals surface area contributed by atoms with Gasteiger partial charge in [-0.05, 0) is 31.4 Å². The normalized spacial score (nSPS) is 15.3. The fraction of sp³-hybridized carbons (Fsp3) is 0.400. The van der Waals surface area contributed by atoms with Crippen molar-refractivity contribution >= 4 is 26.6 Å². The molecule has 3 aromatic rings. The van der Waals surface area contributed by atoms with Gasteiger partial charge in [0.1, 0.15) is 6.54 Å². The van der Waals surface area contributed by atoms with Gasteiger partial charge in [0.2, 0.25) is 5.91 Å². The number of carbonyl (C=O) groups is 1. The molecule has 1 fully saturated rings. The third kappa shape index (κ3) is 4.69. The second kappa shape index (κ2) is 9.27. The smallest absolute Gasteiger partial charge is 0.242 e. The molecule has 0 spiro atoms. The predicted octanol–water partition coefficient (Wildman–Crippen LogP) is 4.80. The lowest BCUT2D eigenvalue weighted by Gasteiger charge is -2.33. The number of sulfone groups is 1. The van der Waals surface area contributed by atoms with E-state index in [1.165, 1.54) is 19.3 Å². The molecule has 1 aliphatic carbocycles. The molecule has 5 nitrogen and oxygen atoms in total. The first-order valence-electron chi connectivity index (χ1n) is 11.1. The lowest BCUT2D eigenvalue weighted by atomic mass is 9.94. The molecule has 1 heterocycles. The Bertz CT molecular complexity index is 1150. The Kier molecular flexibility index (Phi) is 6.46. The van der Waals surface area contributed by atoms with Crippen molar-refractivity contribution in [3.05, 3.63) is 66.4 Å². The predicted molar refractivity (Wildman–Crippen MR) is 124 cm³/mol. The number of nitrogens with zero attached hydrogens (tertiary/aromatic N) is 2. The number of benzene rings is 2. The van der Waals surface area contributed by atoms with Gasteiger partial charge in [-0.1, -0.05) is 67.8 Å². The second-order valence-electron chi connectivity index (χ2n) is 8.35. The van der Waals surface area contributed by atoms with Gasteiger partial charge in [0.15, 0.2) is 9.84 Å². The monoisotopic (exact) mass is 438 g/mol. The molecule has 31 heavy (non-hydrogen) atoms. The van der Waals surface area contributed by atoms with Crippen LogP contribution in [0.1, 0.15) is 44.6 Å². The summed E-state index contributed by atoms with van der Waals surface area (Å²) in [6.45, 7) is 2.86. The van der Waals surface area contributed by atoms with Crippen molar-refractivity contribution in [2.75, 3.05) is 6.54 Å². The molecule has 0 unspecified atom stereocenters. The van der Waals surface area contributed by atoms with E-state index in [1.54, 1.807) is 10.8 Å². The van der Waals surface area contributed by atoms with Gasteiger partial charge >= 0.3 is 0 Å². The van der Waals surface area contributed by atoms with Crippen molar-refractivity contribution in [3.63, 3.8) is 0 Å². The summed E-state index contributed by atoms with van der Waals surface area (Å²) in [6, 6.07) is 17.0. The third-order valence-corrected chi connectivity index (χ3v) is 7.98. The van der Waals surface area contributed by atoms with Crippen LogP contribution in [0.2, 0.25) is 0 Å². The van der Waals surface area contributed by atoms with Crippen molar-refractivity contribution in [1.82, 2.24) is 9.47 Å². The standard InChI is InChI=1S/C25H30N2O3S/c1-2-27(21-13-7-4-8-14-21)25(28)18-26-17-24(22-15-9-10-16-23(22)26)31(29,30)19-20-11-5-3-6-12-20/h3,5-6,9-12,15-17,21H,2,4,7-8,13-14,18-19H2,1H3. The molecule has 0 aliphatic heterocycles. The van der Waals surface area contributed by atoms with E-state index in [4.69, 9.17) is 0 Å². The minimum Gasteiger partial charge on any atom is -0.338 e. The zero-order valence-corrected chi connectivity index (χ0v) is 18.9. The highest BCUT2D eigenvalue weighted by atomic mass is 32.2. The van der Waals surface area contributed by atoms with Crippen LogP contribution in [0, 0.1) is 0 Å². The third-order valence-electron chi connectivity index (χ3n) is 6.27. The number of hydrogen-bond donors (Lipinski definition) is 0. The van der Waals surface area contributed by atoms with Crippen LogP contribution in [0.25, 0.3) is 10.9 Å². The van der Waals surface area contributed by atoms with Crippen LogP contribution in [0.4, 0.5) is 0 Å². The fourth-order valence-corrected chi connectivity index (χ4v) is 6.31. The van der Waals surface area contributed by atoms with E-state index in [-0.39, 0.29) is 18.2 Å². The van der Waals surface area contributed by atoms with Gasteiger partial charge in [-0.2, -0.15) is 0 Å². The molecule has 1 aromatic heterocycles. The van der Waals surface area contributed by atoms with Crippen LogP contribution >= 0.6 is 0 Å². The maximum atomic E-state index is 13.2. The number of hydrogen-bond acceptors (Lipinski definition) is 3. The molecule has 164 valence electrons. The van der Waals surface area contributed by atoms with Crippen LogP contribution in [-0.4, -0.2) is 36.4 Å². The zero-order valence-electron chi connectivity index (χ0n) is 18.0. The number of aromatic nitrogens is 1. The Labute approximate surface area is 184 Å². The summed E-state index contributed by atoms with van der Waals surface area (Å²) in [4.78, 5) is 15.5. The summed E-state index contributed by atoms with van der Waals surface area (Å²) < 4.78 is 28.3. The maximum Gasteiger partial charge on any atom is 0.242 e. The highest BCUT2D eigenvalue weighted by Gasteiger charge is 2.26. The summed E-state index contributed by atoms with van der Waals surface area (Å²) in [6.07, 6.45) is 7.35. The topological polar surface area (TPSA) is 59.4 Å². The molecule has 4 rings (SSSR count).